The standard InChI is InChI=1S/C18H31NO7/c1-11(15(23)25-17(2,3)4)10-13(20)12(8-9-14(21)22)19-16(24)26-18(5,6)7/h11-12H,8-10H2,1-7H3,(H,19,24)(H,21,22)/t11-,12+/m0/s1. The molecule has 0 spiro atoms. The molecule has 0 aromatic heterocycles. The maximum absolute atomic E-state index is 12.5. The SMILES string of the molecule is C[C@@H](CC(=O)[C@@H](CCC(=O)O)NC(=O)OC(C)(C)C)C(=O)OC(C)(C)C. The normalized spacial score (nSPS) is 14.1. The van der Waals surface area contributed by atoms with Crippen LogP contribution in [0.2, 0.25) is 0 Å². The molecule has 0 fully saturated rings. The Morgan fingerprint density at radius 2 is 1.46 bits per heavy atom. The van der Waals surface area contributed by atoms with Gasteiger partial charge in [-0.15, -0.1) is 0 Å². The van der Waals surface area contributed by atoms with E-state index >= 15 is 0 Å². The number of amides is 1. The van der Waals surface area contributed by atoms with Crippen molar-refractivity contribution in [1.82, 2.24) is 5.32 Å². The first-order chi connectivity index (χ1) is 11.6. The third-order valence-electron chi connectivity index (χ3n) is 3.04. The average Bonchev–Trinajstić information content (AvgIpc) is 2.38. The summed E-state index contributed by atoms with van der Waals surface area (Å²) in [5.74, 6) is -2.78. The van der Waals surface area contributed by atoms with E-state index in [4.69, 9.17) is 14.6 Å². The maximum atomic E-state index is 12.5. The van der Waals surface area contributed by atoms with E-state index in [0.29, 0.717) is 0 Å². The summed E-state index contributed by atoms with van der Waals surface area (Å²) in [5.41, 5.74) is -1.43. The zero-order chi connectivity index (χ0) is 20.7. The molecule has 0 heterocycles. The number of aliphatic carboxylic acids is 1. The quantitative estimate of drug-likeness (QED) is 0.628. The van der Waals surface area contributed by atoms with Gasteiger partial charge in [-0.25, -0.2) is 4.79 Å². The zero-order valence-corrected chi connectivity index (χ0v) is 16.7. The van der Waals surface area contributed by atoms with Crippen molar-refractivity contribution in [1.29, 1.82) is 0 Å². The summed E-state index contributed by atoms with van der Waals surface area (Å²) >= 11 is 0. The Morgan fingerprint density at radius 3 is 1.88 bits per heavy atom. The lowest BCUT2D eigenvalue weighted by Gasteiger charge is -2.24. The van der Waals surface area contributed by atoms with E-state index in [1.54, 1.807) is 48.5 Å². The highest BCUT2D eigenvalue weighted by Gasteiger charge is 2.29. The monoisotopic (exact) mass is 373 g/mol. The zero-order valence-electron chi connectivity index (χ0n) is 16.7. The van der Waals surface area contributed by atoms with Gasteiger partial charge in [0.15, 0.2) is 5.78 Å². The van der Waals surface area contributed by atoms with Gasteiger partial charge < -0.3 is 19.9 Å². The first-order valence-corrected chi connectivity index (χ1v) is 8.57. The van der Waals surface area contributed by atoms with Crippen LogP contribution in [0.4, 0.5) is 4.79 Å². The number of carboxylic acids is 1. The number of ketones is 1. The summed E-state index contributed by atoms with van der Waals surface area (Å²) in [4.78, 5) is 47.2. The minimum Gasteiger partial charge on any atom is -0.481 e. The van der Waals surface area contributed by atoms with E-state index in [2.05, 4.69) is 5.32 Å². The van der Waals surface area contributed by atoms with E-state index < -0.39 is 47.0 Å². The van der Waals surface area contributed by atoms with Crippen LogP contribution in [0.1, 0.15) is 67.7 Å². The van der Waals surface area contributed by atoms with Crippen LogP contribution >= 0.6 is 0 Å². The number of carbonyl (C=O) groups excluding carboxylic acids is 3. The summed E-state index contributed by atoms with van der Waals surface area (Å²) in [5, 5.41) is 11.2. The van der Waals surface area contributed by atoms with E-state index in [0.717, 1.165) is 0 Å². The summed E-state index contributed by atoms with van der Waals surface area (Å²) < 4.78 is 10.3. The van der Waals surface area contributed by atoms with E-state index in [9.17, 15) is 19.2 Å². The Labute approximate surface area is 154 Å². The number of hydrogen-bond acceptors (Lipinski definition) is 6. The van der Waals surface area contributed by atoms with Crippen LogP contribution in [0, 0.1) is 5.92 Å². The second-order valence-corrected chi connectivity index (χ2v) is 8.24. The van der Waals surface area contributed by atoms with Gasteiger partial charge in [-0.1, -0.05) is 6.92 Å². The number of nitrogens with one attached hydrogen (secondary N) is 1. The Hall–Kier alpha value is -2.12. The number of rotatable bonds is 8. The van der Waals surface area contributed by atoms with Crippen molar-refractivity contribution in [2.75, 3.05) is 0 Å². The predicted molar refractivity (Wildman–Crippen MR) is 94.7 cm³/mol. The number of carbonyl (C=O) groups is 4. The largest absolute Gasteiger partial charge is 0.481 e. The van der Waals surface area contributed by atoms with Gasteiger partial charge in [0.25, 0.3) is 0 Å². The maximum Gasteiger partial charge on any atom is 0.408 e. The summed E-state index contributed by atoms with van der Waals surface area (Å²) in [7, 11) is 0. The summed E-state index contributed by atoms with van der Waals surface area (Å²) in [6.45, 7) is 11.7. The van der Waals surface area contributed by atoms with E-state index in [-0.39, 0.29) is 19.3 Å². The first-order valence-electron chi connectivity index (χ1n) is 8.57. The highest BCUT2D eigenvalue weighted by Crippen LogP contribution is 2.16. The fourth-order valence-corrected chi connectivity index (χ4v) is 1.96. The molecule has 0 radical (unpaired) electrons. The number of carboxylic acid groups (broad SMARTS) is 1. The van der Waals surface area contributed by atoms with Crippen LogP contribution in [0.5, 0.6) is 0 Å². The number of hydrogen-bond donors (Lipinski definition) is 2. The van der Waals surface area contributed by atoms with Crippen LogP contribution in [0.3, 0.4) is 0 Å². The van der Waals surface area contributed by atoms with Gasteiger partial charge in [-0.3, -0.25) is 14.4 Å². The van der Waals surface area contributed by atoms with E-state index in [1.807, 2.05) is 0 Å². The van der Waals surface area contributed by atoms with E-state index in [1.165, 1.54) is 0 Å². The van der Waals surface area contributed by atoms with Crippen LogP contribution in [0.15, 0.2) is 0 Å². The lowest BCUT2D eigenvalue weighted by Crippen LogP contribution is -2.44. The molecule has 8 nitrogen and oxygen atoms in total. The lowest BCUT2D eigenvalue weighted by atomic mass is 9.97. The second kappa shape index (κ2) is 9.54. The topological polar surface area (TPSA) is 119 Å². The Kier molecular flexibility index (Phi) is 8.76. The average molecular weight is 373 g/mol. The molecule has 0 rings (SSSR count). The Morgan fingerprint density at radius 1 is 0.962 bits per heavy atom. The Balaban J connectivity index is 4.95. The summed E-state index contributed by atoms with van der Waals surface area (Å²) in [6.07, 6.45) is -1.37. The second-order valence-electron chi connectivity index (χ2n) is 8.24. The van der Waals surface area contributed by atoms with Crippen molar-refractivity contribution < 1.29 is 33.8 Å². The molecule has 0 aliphatic carbocycles. The minimum atomic E-state index is -1.09. The molecule has 26 heavy (non-hydrogen) atoms. The molecule has 2 atom stereocenters. The fourth-order valence-electron chi connectivity index (χ4n) is 1.96. The van der Waals surface area contributed by atoms with Crippen molar-refractivity contribution in [2.45, 2.75) is 85.0 Å². The molecule has 0 aromatic rings. The molecule has 0 aliphatic heterocycles. The van der Waals surface area contributed by atoms with Crippen molar-refractivity contribution in [2.24, 2.45) is 5.92 Å². The van der Waals surface area contributed by atoms with Crippen molar-refractivity contribution >= 4 is 23.8 Å². The van der Waals surface area contributed by atoms with Gasteiger partial charge in [-0.05, 0) is 48.0 Å². The molecule has 0 saturated heterocycles. The van der Waals surface area contributed by atoms with Crippen molar-refractivity contribution in [3.8, 4) is 0 Å². The molecular weight excluding hydrogens is 342 g/mol. The van der Waals surface area contributed by atoms with Gasteiger partial charge in [0, 0.05) is 12.8 Å². The summed E-state index contributed by atoms with van der Waals surface area (Å²) in [6, 6.07) is -1.05. The minimum absolute atomic E-state index is 0.0888. The molecular formula is C18H31NO7. The number of alkyl carbamates (subject to hydrolysis) is 1. The number of Topliss-reactive ketones (excluding diaryl/α,β-unsaturated/α-hetero) is 1. The molecule has 150 valence electrons. The highest BCUT2D eigenvalue weighted by molar-refractivity contribution is 5.90. The van der Waals surface area contributed by atoms with Crippen LogP contribution < -0.4 is 5.32 Å². The third kappa shape index (κ3) is 11.4. The smallest absolute Gasteiger partial charge is 0.408 e. The molecule has 0 aromatic carbocycles. The van der Waals surface area contributed by atoms with Gasteiger partial charge in [0.1, 0.15) is 11.2 Å². The molecule has 2 N–H and O–H groups in total. The van der Waals surface area contributed by atoms with Crippen LogP contribution in [-0.2, 0) is 23.9 Å². The lowest BCUT2D eigenvalue weighted by molar-refractivity contribution is -0.160. The predicted octanol–water partition coefficient (Wildman–Crippen LogP) is 2.68. The van der Waals surface area contributed by atoms with Crippen LogP contribution in [-0.4, -0.2) is 46.2 Å². The number of ether oxygens (including phenoxy) is 2. The molecule has 1 amide bonds. The van der Waals surface area contributed by atoms with Gasteiger partial charge in [-0.2, -0.15) is 0 Å². The molecule has 0 bridgehead atoms. The van der Waals surface area contributed by atoms with Crippen molar-refractivity contribution in [3.05, 3.63) is 0 Å². The van der Waals surface area contributed by atoms with Gasteiger partial charge in [0.05, 0.1) is 12.0 Å². The van der Waals surface area contributed by atoms with Crippen molar-refractivity contribution in [3.63, 3.8) is 0 Å². The van der Waals surface area contributed by atoms with Gasteiger partial charge >= 0.3 is 18.0 Å². The highest BCUT2D eigenvalue weighted by atomic mass is 16.6. The Bertz CT molecular complexity index is 529. The fraction of sp³-hybridized carbons (Fsp3) is 0.778. The van der Waals surface area contributed by atoms with Gasteiger partial charge in [0.2, 0.25) is 0 Å². The molecule has 0 saturated carbocycles. The first kappa shape index (κ1) is 23.9. The number of esters is 1. The molecule has 8 heteroatoms. The third-order valence-corrected chi connectivity index (χ3v) is 3.04. The molecule has 0 unspecified atom stereocenters. The van der Waals surface area contributed by atoms with Crippen LogP contribution in [0.25, 0.3) is 0 Å². The molecule has 0 aliphatic rings.